The molecule has 0 saturated carbocycles. The Morgan fingerprint density at radius 2 is 1.74 bits per heavy atom. The Kier molecular flexibility index (Phi) is 8.04. The molecule has 5 nitrogen and oxygen atoms in total. The molecule has 27 heavy (non-hydrogen) atoms. The minimum Gasteiger partial charge on any atom is -0.341 e. The summed E-state index contributed by atoms with van der Waals surface area (Å²) >= 11 is 0. The third kappa shape index (κ3) is 6.51. The molecule has 0 unspecified atom stereocenters. The molecule has 1 heterocycles. The van der Waals surface area contributed by atoms with Crippen LogP contribution in [0, 0.1) is 5.92 Å². The normalized spacial score (nSPS) is 17.1. The number of carbonyl (C=O) groups excluding carboxylic acids is 2. The summed E-state index contributed by atoms with van der Waals surface area (Å²) in [6.45, 7) is 9.39. The average molecular weight is 372 g/mol. The van der Waals surface area contributed by atoms with Crippen LogP contribution in [0.4, 0.5) is 0 Å². The number of nitrogens with one attached hydrogen (secondary N) is 1. The first kappa shape index (κ1) is 21.2. The summed E-state index contributed by atoms with van der Waals surface area (Å²) in [5, 5.41) is 2.97. The first-order valence-electron chi connectivity index (χ1n) is 9.94. The maximum absolute atomic E-state index is 13.0. The molecule has 1 aromatic carbocycles. The fourth-order valence-electron chi connectivity index (χ4n) is 3.35. The van der Waals surface area contributed by atoms with Gasteiger partial charge in [0.15, 0.2) is 0 Å². The molecule has 0 bridgehead atoms. The smallest absolute Gasteiger partial charge is 0.245 e. The predicted octanol–water partition coefficient (Wildman–Crippen LogP) is 2.78. The van der Waals surface area contributed by atoms with E-state index in [1.807, 2.05) is 42.2 Å². The molecule has 0 radical (unpaired) electrons. The number of hydrogen-bond donors (Lipinski definition) is 1. The number of rotatable bonds is 7. The Balaban J connectivity index is 2.09. The van der Waals surface area contributed by atoms with E-state index >= 15 is 0 Å². The van der Waals surface area contributed by atoms with Gasteiger partial charge in [0, 0.05) is 32.3 Å². The van der Waals surface area contributed by atoms with Gasteiger partial charge in [0.2, 0.25) is 11.8 Å². The van der Waals surface area contributed by atoms with Crippen molar-refractivity contribution < 1.29 is 9.59 Å². The van der Waals surface area contributed by atoms with Crippen LogP contribution in [0.5, 0.6) is 0 Å². The Morgan fingerprint density at radius 3 is 2.30 bits per heavy atom. The van der Waals surface area contributed by atoms with Crippen LogP contribution in [0.3, 0.4) is 0 Å². The van der Waals surface area contributed by atoms with E-state index < -0.39 is 6.04 Å². The number of likely N-dealkylation sites (N-methyl/N-ethyl adjacent to an activating group) is 1. The minimum absolute atomic E-state index is 0.0382. The molecule has 2 rings (SSSR count). The second-order valence-electron chi connectivity index (χ2n) is 7.71. The fraction of sp³-hybridized carbons (Fsp3) is 0.545. The lowest BCUT2D eigenvalue weighted by Crippen LogP contribution is -2.54. The highest BCUT2D eigenvalue weighted by atomic mass is 16.2. The molecule has 1 aromatic rings. The molecule has 1 atom stereocenters. The van der Waals surface area contributed by atoms with E-state index in [2.05, 4.69) is 31.1 Å². The van der Waals surface area contributed by atoms with Crippen LogP contribution in [0.25, 0.3) is 5.57 Å². The van der Waals surface area contributed by atoms with Gasteiger partial charge >= 0.3 is 0 Å². The van der Waals surface area contributed by atoms with Gasteiger partial charge in [0.25, 0.3) is 0 Å². The zero-order valence-corrected chi connectivity index (χ0v) is 17.1. The Morgan fingerprint density at radius 1 is 1.11 bits per heavy atom. The molecule has 1 aliphatic heterocycles. The van der Waals surface area contributed by atoms with Gasteiger partial charge in [-0.1, -0.05) is 51.1 Å². The average Bonchev–Trinajstić information content (AvgIpc) is 2.66. The molecule has 1 N–H and O–H groups in total. The van der Waals surface area contributed by atoms with Crippen LogP contribution in [-0.4, -0.2) is 60.9 Å². The molecule has 2 amide bonds. The monoisotopic (exact) mass is 371 g/mol. The van der Waals surface area contributed by atoms with E-state index in [-0.39, 0.29) is 11.8 Å². The third-order valence-electron chi connectivity index (χ3n) is 4.97. The van der Waals surface area contributed by atoms with Crippen molar-refractivity contribution in [2.75, 3.05) is 33.2 Å². The van der Waals surface area contributed by atoms with Gasteiger partial charge in [0.05, 0.1) is 0 Å². The van der Waals surface area contributed by atoms with Gasteiger partial charge in [-0.25, -0.2) is 0 Å². The molecule has 0 aromatic heterocycles. The van der Waals surface area contributed by atoms with Crippen molar-refractivity contribution in [1.82, 2.24) is 15.1 Å². The van der Waals surface area contributed by atoms with Gasteiger partial charge in [-0.2, -0.15) is 0 Å². The van der Waals surface area contributed by atoms with E-state index in [1.54, 1.807) is 6.08 Å². The van der Waals surface area contributed by atoms with Crippen molar-refractivity contribution in [2.45, 2.75) is 39.7 Å². The van der Waals surface area contributed by atoms with Gasteiger partial charge in [-0.15, -0.1) is 0 Å². The largest absolute Gasteiger partial charge is 0.341 e. The molecular weight excluding hydrogens is 338 g/mol. The predicted molar refractivity (Wildman–Crippen MR) is 110 cm³/mol. The summed E-state index contributed by atoms with van der Waals surface area (Å²) in [6, 6.07) is 9.44. The number of piperazine rings is 1. The highest BCUT2D eigenvalue weighted by Crippen LogP contribution is 2.17. The highest BCUT2D eigenvalue weighted by molar-refractivity contribution is 5.98. The lowest BCUT2D eigenvalue weighted by molar-refractivity contribution is -0.137. The summed E-state index contributed by atoms with van der Waals surface area (Å²) in [5.74, 6) is 0.176. The van der Waals surface area contributed by atoms with Crippen LogP contribution in [0.1, 0.15) is 39.2 Å². The highest BCUT2D eigenvalue weighted by Gasteiger charge is 2.28. The summed E-state index contributed by atoms with van der Waals surface area (Å²) in [7, 11) is 2.07. The van der Waals surface area contributed by atoms with Crippen LogP contribution in [0.2, 0.25) is 0 Å². The van der Waals surface area contributed by atoms with Gasteiger partial charge in [-0.05, 0) is 36.9 Å². The van der Waals surface area contributed by atoms with Crippen LogP contribution >= 0.6 is 0 Å². The van der Waals surface area contributed by atoms with E-state index in [1.165, 1.54) is 0 Å². The molecule has 1 saturated heterocycles. The first-order valence-corrected chi connectivity index (χ1v) is 9.94. The Labute approximate surface area is 163 Å². The second kappa shape index (κ2) is 10.3. The number of hydrogen-bond acceptors (Lipinski definition) is 3. The van der Waals surface area contributed by atoms with Crippen molar-refractivity contribution in [3.63, 3.8) is 0 Å². The molecule has 1 fully saturated rings. The number of carbonyl (C=O) groups is 2. The van der Waals surface area contributed by atoms with Gasteiger partial charge < -0.3 is 15.1 Å². The Bertz CT molecular complexity index is 647. The zero-order valence-electron chi connectivity index (χ0n) is 17.1. The van der Waals surface area contributed by atoms with Crippen molar-refractivity contribution in [2.24, 2.45) is 5.92 Å². The maximum Gasteiger partial charge on any atom is 0.245 e. The standard InChI is InChI=1S/C22H33N3O2/c1-5-18(19-9-7-6-8-10-19)16-21(26)23-20(15-17(2)3)22(27)25-13-11-24(4)12-14-25/h6-10,16-17,20H,5,11-15H2,1-4H3,(H,23,26)/b18-16+/t20-/m1/s1. The number of nitrogens with zero attached hydrogens (tertiary/aromatic N) is 2. The van der Waals surface area contributed by atoms with Crippen molar-refractivity contribution in [3.05, 3.63) is 42.0 Å². The lowest BCUT2D eigenvalue weighted by atomic mass is 10.0. The van der Waals surface area contributed by atoms with E-state index in [4.69, 9.17) is 0 Å². The number of benzene rings is 1. The summed E-state index contributed by atoms with van der Waals surface area (Å²) in [6.07, 6.45) is 3.05. The first-order chi connectivity index (χ1) is 12.9. The summed E-state index contributed by atoms with van der Waals surface area (Å²) < 4.78 is 0. The number of allylic oxidation sites excluding steroid dienone is 1. The van der Waals surface area contributed by atoms with Crippen LogP contribution in [0.15, 0.2) is 36.4 Å². The molecule has 5 heteroatoms. The van der Waals surface area contributed by atoms with E-state index in [0.29, 0.717) is 12.3 Å². The SMILES string of the molecule is CC/C(=C\C(=O)N[C@H](CC(C)C)C(=O)N1CCN(C)CC1)c1ccccc1. The second-order valence-corrected chi connectivity index (χ2v) is 7.71. The molecule has 1 aliphatic rings. The van der Waals surface area contributed by atoms with Crippen molar-refractivity contribution in [1.29, 1.82) is 0 Å². The molecule has 0 spiro atoms. The molecule has 148 valence electrons. The van der Waals surface area contributed by atoms with Crippen molar-refractivity contribution >= 4 is 17.4 Å². The van der Waals surface area contributed by atoms with Crippen molar-refractivity contribution in [3.8, 4) is 0 Å². The maximum atomic E-state index is 13.0. The molecule has 0 aliphatic carbocycles. The van der Waals surface area contributed by atoms with Gasteiger partial charge in [0.1, 0.15) is 6.04 Å². The minimum atomic E-state index is -0.467. The quantitative estimate of drug-likeness (QED) is 0.750. The Hall–Kier alpha value is -2.14. The third-order valence-corrected chi connectivity index (χ3v) is 4.97. The fourth-order valence-corrected chi connectivity index (χ4v) is 3.35. The van der Waals surface area contributed by atoms with Crippen LogP contribution in [-0.2, 0) is 9.59 Å². The lowest BCUT2D eigenvalue weighted by Gasteiger charge is -2.35. The number of amides is 2. The van der Waals surface area contributed by atoms with Crippen LogP contribution < -0.4 is 5.32 Å². The molecular formula is C22H33N3O2. The summed E-state index contributed by atoms with van der Waals surface area (Å²) in [5.41, 5.74) is 2.02. The summed E-state index contributed by atoms with van der Waals surface area (Å²) in [4.78, 5) is 29.7. The van der Waals surface area contributed by atoms with E-state index in [0.717, 1.165) is 43.7 Å². The van der Waals surface area contributed by atoms with Gasteiger partial charge in [-0.3, -0.25) is 9.59 Å². The topological polar surface area (TPSA) is 52.7 Å². The van der Waals surface area contributed by atoms with E-state index in [9.17, 15) is 9.59 Å². The zero-order chi connectivity index (χ0) is 19.8.